The van der Waals surface area contributed by atoms with Crippen LogP contribution in [0.3, 0.4) is 0 Å². The molecule has 3 N–H and O–H groups in total. The molecule has 0 radical (unpaired) electrons. The highest BCUT2D eigenvalue weighted by Gasteiger charge is 2.23. The number of rotatable bonds is 5. The number of hydrogen-bond donors (Lipinski definition) is 2. The molecule has 88 valence electrons. The van der Waals surface area contributed by atoms with Crippen LogP contribution in [0, 0.1) is 5.92 Å². The Labute approximate surface area is 96.7 Å². The molecule has 0 aromatic carbocycles. The minimum absolute atomic E-state index is 0.464. The zero-order valence-electron chi connectivity index (χ0n) is 10.0. The van der Waals surface area contributed by atoms with Gasteiger partial charge in [-0.25, -0.2) is 9.97 Å². The minimum Gasteiger partial charge on any atom is -0.384 e. The molecule has 0 saturated heterocycles. The Balaban J connectivity index is 1.98. The topological polar surface area (TPSA) is 63.8 Å². The summed E-state index contributed by atoms with van der Waals surface area (Å²) < 4.78 is 0. The number of aromatic nitrogens is 2. The molecule has 0 aliphatic heterocycles. The van der Waals surface area contributed by atoms with E-state index in [1.54, 1.807) is 0 Å². The number of anilines is 2. The first-order valence-electron chi connectivity index (χ1n) is 6.07. The molecule has 1 fully saturated rings. The van der Waals surface area contributed by atoms with Gasteiger partial charge in [0.25, 0.3) is 0 Å². The highest BCUT2D eigenvalue weighted by molar-refractivity contribution is 5.45. The van der Waals surface area contributed by atoms with E-state index in [0.29, 0.717) is 11.9 Å². The van der Waals surface area contributed by atoms with Crippen LogP contribution in [0.5, 0.6) is 0 Å². The maximum Gasteiger partial charge on any atom is 0.132 e. The van der Waals surface area contributed by atoms with Crippen molar-refractivity contribution in [2.75, 3.05) is 11.1 Å². The standard InChI is InChI=1S/C12H20N4/c1-3-11-15-10(13)7-12(16-11)14-8(2)6-9-4-5-9/h7-9H,3-6H2,1-2H3,(H3,13,14,15,16). The van der Waals surface area contributed by atoms with Crippen LogP contribution >= 0.6 is 0 Å². The summed E-state index contributed by atoms with van der Waals surface area (Å²) in [6, 6.07) is 2.27. The van der Waals surface area contributed by atoms with Crippen molar-refractivity contribution in [1.29, 1.82) is 0 Å². The Kier molecular flexibility index (Phi) is 3.27. The first kappa shape index (κ1) is 11.2. The molecule has 0 bridgehead atoms. The quantitative estimate of drug-likeness (QED) is 0.798. The normalized spacial score (nSPS) is 17.1. The van der Waals surface area contributed by atoms with E-state index in [1.165, 1.54) is 19.3 Å². The second-order valence-corrected chi connectivity index (χ2v) is 4.67. The molecule has 1 unspecified atom stereocenters. The molecule has 1 aliphatic carbocycles. The SMILES string of the molecule is CCc1nc(N)cc(NC(C)CC2CC2)n1. The monoisotopic (exact) mass is 220 g/mol. The van der Waals surface area contributed by atoms with Gasteiger partial charge in [0.1, 0.15) is 17.5 Å². The molecular formula is C12H20N4. The largest absolute Gasteiger partial charge is 0.384 e. The van der Waals surface area contributed by atoms with E-state index in [4.69, 9.17) is 5.73 Å². The fourth-order valence-electron chi connectivity index (χ4n) is 1.91. The fourth-order valence-corrected chi connectivity index (χ4v) is 1.91. The Morgan fingerprint density at radius 3 is 2.88 bits per heavy atom. The molecule has 1 aliphatic rings. The van der Waals surface area contributed by atoms with Crippen LogP contribution in [-0.2, 0) is 6.42 Å². The van der Waals surface area contributed by atoms with Crippen molar-refractivity contribution < 1.29 is 0 Å². The molecule has 1 atom stereocenters. The van der Waals surface area contributed by atoms with Gasteiger partial charge in [-0.2, -0.15) is 0 Å². The van der Waals surface area contributed by atoms with Crippen molar-refractivity contribution in [3.8, 4) is 0 Å². The van der Waals surface area contributed by atoms with Gasteiger partial charge in [0, 0.05) is 18.5 Å². The van der Waals surface area contributed by atoms with Gasteiger partial charge >= 0.3 is 0 Å². The van der Waals surface area contributed by atoms with Gasteiger partial charge in [0.2, 0.25) is 0 Å². The third kappa shape index (κ3) is 3.08. The van der Waals surface area contributed by atoms with Gasteiger partial charge in [-0.15, -0.1) is 0 Å². The lowest BCUT2D eigenvalue weighted by Crippen LogP contribution is -2.17. The van der Waals surface area contributed by atoms with Crippen molar-refractivity contribution in [3.05, 3.63) is 11.9 Å². The zero-order chi connectivity index (χ0) is 11.5. The first-order chi connectivity index (χ1) is 7.67. The second kappa shape index (κ2) is 4.68. The number of nitrogens with zero attached hydrogens (tertiary/aromatic N) is 2. The van der Waals surface area contributed by atoms with E-state index < -0.39 is 0 Å². The van der Waals surface area contributed by atoms with Crippen molar-refractivity contribution >= 4 is 11.6 Å². The van der Waals surface area contributed by atoms with Crippen LogP contribution in [0.25, 0.3) is 0 Å². The molecule has 1 heterocycles. The predicted octanol–water partition coefficient (Wildman–Crippen LogP) is 2.22. The van der Waals surface area contributed by atoms with Crippen LogP contribution in [-0.4, -0.2) is 16.0 Å². The van der Waals surface area contributed by atoms with Crippen molar-refractivity contribution in [3.63, 3.8) is 0 Å². The maximum atomic E-state index is 5.73. The van der Waals surface area contributed by atoms with E-state index in [2.05, 4.69) is 22.2 Å². The molecular weight excluding hydrogens is 200 g/mol. The van der Waals surface area contributed by atoms with Crippen LogP contribution in [0.4, 0.5) is 11.6 Å². The lowest BCUT2D eigenvalue weighted by molar-refractivity contribution is 0.639. The summed E-state index contributed by atoms with van der Waals surface area (Å²) in [4.78, 5) is 8.58. The Morgan fingerprint density at radius 2 is 2.25 bits per heavy atom. The summed E-state index contributed by atoms with van der Waals surface area (Å²) in [6.07, 6.45) is 4.82. The van der Waals surface area contributed by atoms with Gasteiger partial charge in [0.15, 0.2) is 0 Å². The number of nitrogens with two attached hydrogens (primary N) is 1. The Hall–Kier alpha value is -1.32. The third-order valence-corrected chi connectivity index (χ3v) is 2.89. The fraction of sp³-hybridized carbons (Fsp3) is 0.667. The van der Waals surface area contributed by atoms with Gasteiger partial charge in [-0.05, 0) is 19.3 Å². The van der Waals surface area contributed by atoms with Gasteiger partial charge in [-0.1, -0.05) is 19.8 Å². The molecule has 1 aromatic heterocycles. The molecule has 0 spiro atoms. The average Bonchev–Trinajstić information content (AvgIpc) is 3.00. The molecule has 0 amide bonds. The van der Waals surface area contributed by atoms with Crippen molar-refractivity contribution in [2.45, 2.75) is 45.6 Å². The third-order valence-electron chi connectivity index (χ3n) is 2.89. The summed E-state index contributed by atoms with van der Waals surface area (Å²) in [5.74, 6) is 3.14. The summed E-state index contributed by atoms with van der Waals surface area (Å²) in [7, 11) is 0. The highest BCUT2D eigenvalue weighted by atomic mass is 15.1. The lowest BCUT2D eigenvalue weighted by atomic mass is 10.1. The van der Waals surface area contributed by atoms with E-state index in [9.17, 15) is 0 Å². The van der Waals surface area contributed by atoms with E-state index in [1.807, 2.05) is 13.0 Å². The van der Waals surface area contributed by atoms with Crippen LogP contribution in [0.2, 0.25) is 0 Å². The van der Waals surface area contributed by atoms with E-state index in [0.717, 1.165) is 24.0 Å². The smallest absolute Gasteiger partial charge is 0.132 e. The number of aryl methyl sites for hydroxylation is 1. The predicted molar refractivity (Wildman–Crippen MR) is 66.2 cm³/mol. The number of hydrogen-bond acceptors (Lipinski definition) is 4. The average molecular weight is 220 g/mol. The summed E-state index contributed by atoms with van der Waals surface area (Å²) in [5, 5.41) is 3.40. The minimum atomic E-state index is 0.464. The van der Waals surface area contributed by atoms with Crippen LogP contribution < -0.4 is 11.1 Å². The van der Waals surface area contributed by atoms with Crippen molar-refractivity contribution in [2.24, 2.45) is 5.92 Å². The van der Waals surface area contributed by atoms with E-state index in [-0.39, 0.29) is 0 Å². The zero-order valence-corrected chi connectivity index (χ0v) is 10.0. The summed E-state index contributed by atoms with van der Waals surface area (Å²) >= 11 is 0. The molecule has 4 nitrogen and oxygen atoms in total. The van der Waals surface area contributed by atoms with Crippen LogP contribution in [0.1, 0.15) is 38.9 Å². The molecule has 16 heavy (non-hydrogen) atoms. The number of nitrogen functional groups attached to an aromatic ring is 1. The molecule has 1 aromatic rings. The summed E-state index contributed by atoms with van der Waals surface area (Å²) in [6.45, 7) is 4.23. The van der Waals surface area contributed by atoms with Gasteiger partial charge < -0.3 is 11.1 Å². The lowest BCUT2D eigenvalue weighted by Gasteiger charge is -2.14. The molecule has 4 heteroatoms. The first-order valence-corrected chi connectivity index (χ1v) is 6.07. The van der Waals surface area contributed by atoms with Gasteiger partial charge in [0.05, 0.1) is 0 Å². The van der Waals surface area contributed by atoms with Gasteiger partial charge in [-0.3, -0.25) is 0 Å². The highest BCUT2D eigenvalue weighted by Crippen LogP contribution is 2.33. The Morgan fingerprint density at radius 1 is 1.50 bits per heavy atom. The maximum absolute atomic E-state index is 5.73. The Bertz CT molecular complexity index is 360. The van der Waals surface area contributed by atoms with Crippen LogP contribution in [0.15, 0.2) is 6.07 Å². The second-order valence-electron chi connectivity index (χ2n) is 4.67. The molecule has 1 saturated carbocycles. The number of nitrogens with one attached hydrogen (secondary N) is 1. The molecule has 2 rings (SSSR count). The summed E-state index contributed by atoms with van der Waals surface area (Å²) in [5.41, 5.74) is 5.73. The van der Waals surface area contributed by atoms with Crippen molar-refractivity contribution in [1.82, 2.24) is 9.97 Å². The van der Waals surface area contributed by atoms with E-state index >= 15 is 0 Å².